The van der Waals surface area contributed by atoms with Gasteiger partial charge in [0.1, 0.15) is 0 Å². The van der Waals surface area contributed by atoms with Crippen LogP contribution in [-0.2, 0) is 0 Å². The van der Waals surface area contributed by atoms with Gasteiger partial charge < -0.3 is 10.2 Å². The van der Waals surface area contributed by atoms with E-state index in [-0.39, 0.29) is 5.91 Å². The number of nitrogens with one attached hydrogen (secondary N) is 1. The molecule has 0 spiro atoms. The Labute approximate surface area is 135 Å². The number of rotatable bonds is 4. The highest BCUT2D eigenvalue weighted by atomic mass is 35.5. The topological polar surface area (TPSA) is 32.3 Å². The van der Waals surface area contributed by atoms with Crippen LogP contribution in [0.15, 0.2) is 54.6 Å². The number of amides is 1. The minimum Gasteiger partial charge on any atom is -0.367 e. The molecule has 1 fully saturated rings. The molecule has 1 aliphatic rings. The molecular formula is C18H19ClN2O. The lowest BCUT2D eigenvalue weighted by molar-refractivity contribution is 0.0951. The molecule has 22 heavy (non-hydrogen) atoms. The average molecular weight is 315 g/mol. The van der Waals surface area contributed by atoms with Crippen LogP contribution in [0.1, 0.15) is 23.2 Å². The number of carbonyl (C=O) groups excluding carboxylic acids is 1. The minimum absolute atomic E-state index is 0.0672. The molecule has 3 rings (SSSR count). The first kappa shape index (κ1) is 14.9. The second-order valence-corrected chi connectivity index (χ2v) is 5.98. The summed E-state index contributed by atoms with van der Waals surface area (Å²) < 4.78 is 0. The van der Waals surface area contributed by atoms with Crippen LogP contribution in [0.5, 0.6) is 0 Å². The van der Waals surface area contributed by atoms with E-state index in [4.69, 9.17) is 11.6 Å². The quantitative estimate of drug-likeness (QED) is 0.932. The summed E-state index contributed by atoms with van der Waals surface area (Å²) >= 11 is 5.93. The number of anilines is 1. The second-order valence-electron chi connectivity index (χ2n) is 5.55. The molecule has 114 valence electrons. The highest BCUT2D eigenvalue weighted by Gasteiger charge is 2.25. The standard InChI is InChI=1S/C18H19ClN2O/c19-15-7-4-6-14(12-15)18(22)20-13-17-10-5-11-21(17)16-8-2-1-3-9-16/h1-4,6-9,12,17H,5,10-11,13H2,(H,20,22)/t17-/m1/s1. The number of hydrogen-bond acceptors (Lipinski definition) is 2. The number of hydrogen-bond donors (Lipinski definition) is 1. The van der Waals surface area contributed by atoms with E-state index < -0.39 is 0 Å². The smallest absolute Gasteiger partial charge is 0.251 e. The van der Waals surface area contributed by atoms with E-state index in [2.05, 4.69) is 34.5 Å². The fourth-order valence-electron chi connectivity index (χ4n) is 2.95. The fraction of sp³-hybridized carbons (Fsp3) is 0.278. The normalized spacial score (nSPS) is 17.5. The van der Waals surface area contributed by atoms with E-state index in [1.54, 1.807) is 24.3 Å². The van der Waals surface area contributed by atoms with Gasteiger partial charge in [-0.3, -0.25) is 4.79 Å². The van der Waals surface area contributed by atoms with Gasteiger partial charge in [0.15, 0.2) is 0 Å². The Kier molecular flexibility index (Phi) is 4.64. The Morgan fingerprint density at radius 3 is 2.77 bits per heavy atom. The third-order valence-corrected chi connectivity index (χ3v) is 4.29. The van der Waals surface area contributed by atoms with Gasteiger partial charge in [-0.15, -0.1) is 0 Å². The molecule has 1 amide bonds. The molecule has 2 aromatic rings. The monoisotopic (exact) mass is 314 g/mol. The van der Waals surface area contributed by atoms with Crippen LogP contribution in [0, 0.1) is 0 Å². The highest BCUT2D eigenvalue weighted by Crippen LogP contribution is 2.24. The number of para-hydroxylation sites is 1. The van der Waals surface area contributed by atoms with Crippen molar-refractivity contribution in [1.82, 2.24) is 5.32 Å². The lowest BCUT2D eigenvalue weighted by Gasteiger charge is -2.27. The lowest BCUT2D eigenvalue weighted by atomic mass is 10.1. The maximum Gasteiger partial charge on any atom is 0.251 e. The molecule has 1 atom stereocenters. The Bertz CT molecular complexity index is 645. The molecule has 1 N–H and O–H groups in total. The molecule has 3 nitrogen and oxygen atoms in total. The first-order valence-corrected chi connectivity index (χ1v) is 7.97. The highest BCUT2D eigenvalue weighted by molar-refractivity contribution is 6.30. The molecule has 0 radical (unpaired) electrons. The van der Waals surface area contributed by atoms with Crippen LogP contribution in [-0.4, -0.2) is 25.0 Å². The molecule has 1 aliphatic heterocycles. The largest absolute Gasteiger partial charge is 0.367 e. The Balaban J connectivity index is 1.62. The third kappa shape index (κ3) is 3.42. The van der Waals surface area contributed by atoms with Gasteiger partial charge in [-0.05, 0) is 43.2 Å². The number of benzene rings is 2. The van der Waals surface area contributed by atoms with Crippen molar-refractivity contribution in [2.75, 3.05) is 18.0 Å². The summed E-state index contributed by atoms with van der Waals surface area (Å²) in [5.74, 6) is -0.0672. The van der Waals surface area contributed by atoms with Crippen molar-refractivity contribution in [3.8, 4) is 0 Å². The van der Waals surface area contributed by atoms with Gasteiger partial charge in [0, 0.05) is 35.4 Å². The Hall–Kier alpha value is -2.00. The Morgan fingerprint density at radius 1 is 1.18 bits per heavy atom. The predicted molar refractivity (Wildman–Crippen MR) is 90.6 cm³/mol. The van der Waals surface area contributed by atoms with Gasteiger partial charge in [-0.2, -0.15) is 0 Å². The summed E-state index contributed by atoms with van der Waals surface area (Å²) in [4.78, 5) is 14.6. The van der Waals surface area contributed by atoms with Gasteiger partial charge in [-0.1, -0.05) is 35.9 Å². The van der Waals surface area contributed by atoms with Crippen LogP contribution >= 0.6 is 11.6 Å². The maximum atomic E-state index is 12.2. The average Bonchev–Trinajstić information content (AvgIpc) is 3.02. The van der Waals surface area contributed by atoms with Crippen LogP contribution in [0.3, 0.4) is 0 Å². The molecule has 1 heterocycles. The van der Waals surface area contributed by atoms with Crippen molar-refractivity contribution in [2.24, 2.45) is 0 Å². The molecule has 1 saturated heterocycles. The molecule has 0 bridgehead atoms. The summed E-state index contributed by atoms with van der Waals surface area (Å²) in [6, 6.07) is 17.8. The maximum absolute atomic E-state index is 12.2. The van der Waals surface area contributed by atoms with E-state index in [1.165, 1.54) is 5.69 Å². The molecule has 0 saturated carbocycles. The zero-order valence-electron chi connectivity index (χ0n) is 12.3. The van der Waals surface area contributed by atoms with Crippen LogP contribution in [0.2, 0.25) is 5.02 Å². The SMILES string of the molecule is O=C(NC[C@H]1CCCN1c1ccccc1)c1cccc(Cl)c1. The fourth-order valence-corrected chi connectivity index (χ4v) is 3.14. The summed E-state index contributed by atoms with van der Waals surface area (Å²) in [7, 11) is 0. The van der Waals surface area contributed by atoms with Crippen LogP contribution in [0.25, 0.3) is 0 Å². The summed E-state index contributed by atoms with van der Waals surface area (Å²) in [5, 5.41) is 3.61. The number of nitrogens with zero attached hydrogens (tertiary/aromatic N) is 1. The van der Waals surface area contributed by atoms with Crippen molar-refractivity contribution in [3.05, 3.63) is 65.2 Å². The van der Waals surface area contributed by atoms with Gasteiger partial charge in [0.25, 0.3) is 5.91 Å². The third-order valence-electron chi connectivity index (χ3n) is 4.05. The zero-order valence-corrected chi connectivity index (χ0v) is 13.1. The van der Waals surface area contributed by atoms with Gasteiger partial charge in [0.2, 0.25) is 0 Å². The van der Waals surface area contributed by atoms with Gasteiger partial charge in [0.05, 0.1) is 0 Å². The molecule has 4 heteroatoms. The van der Waals surface area contributed by atoms with E-state index in [9.17, 15) is 4.79 Å². The summed E-state index contributed by atoms with van der Waals surface area (Å²) in [5.41, 5.74) is 1.83. The van der Waals surface area contributed by atoms with Crippen molar-refractivity contribution in [3.63, 3.8) is 0 Å². The number of halogens is 1. The molecule has 0 unspecified atom stereocenters. The molecule has 2 aromatic carbocycles. The van der Waals surface area contributed by atoms with Gasteiger partial charge in [-0.25, -0.2) is 0 Å². The lowest BCUT2D eigenvalue weighted by Crippen LogP contribution is -2.40. The first-order valence-electron chi connectivity index (χ1n) is 7.59. The van der Waals surface area contributed by atoms with Crippen molar-refractivity contribution >= 4 is 23.2 Å². The van der Waals surface area contributed by atoms with Gasteiger partial charge >= 0.3 is 0 Å². The predicted octanol–water partition coefficient (Wildman–Crippen LogP) is 3.74. The van der Waals surface area contributed by atoms with E-state index >= 15 is 0 Å². The van der Waals surface area contributed by atoms with Crippen LogP contribution in [0.4, 0.5) is 5.69 Å². The first-order chi connectivity index (χ1) is 10.7. The van der Waals surface area contributed by atoms with Crippen molar-refractivity contribution < 1.29 is 4.79 Å². The van der Waals surface area contributed by atoms with Crippen LogP contribution < -0.4 is 10.2 Å². The van der Waals surface area contributed by atoms with E-state index in [0.717, 1.165) is 19.4 Å². The zero-order chi connectivity index (χ0) is 15.4. The molecular weight excluding hydrogens is 296 g/mol. The van der Waals surface area contributed by atoms with E-state index in [1.807, 2.05) is 6.07 Å². The van der Waals surface area contributed by atoms with E-state index in [0.29, 0.717) is 23.2 Å². The number of carbonyl (C=O) groups is 1. The summed E-state index contributed by atoms with van der Waals surface area (Å²) in [6.07, 6.45) is 2.26. The second kappa shape index (κ2) is 6.84. The van der Waals surface area contributed by atoms with Crippen molar-refractivity contribution in [2.45, 2.75) is 18.9 Å². The van der Waals surface area contributed by atoms with Crippen molar-refractivity contribution in [1.29, 1.82) is 0 Å². The molecule has 0 aliphatic carbocycles. The summed E-state index contributed by atoms with van der Waals surface area (Å²) in [6.45, 7) is 1.70. The Morgan fingerprint density at radius 2 is 2.00 bits per heavy atom. The molecule has 0 aromatic heterocycles. The minimum atomic E-state index is -0.0672.